The lowest BCUT2D eigenvalue weighted by atomic mass is 10.1. The molecule has 0 saturated carbocycles. The third-order valence-corrected chi connectivity index (χ3v) is 3.74. The number of anilines is 1. The van der Waals surface area contributed by atoms with Crippen LogP contribution in [0.2, 0.25) is 0 Å². The van der Waals surface area contributed by atoms with E-state index >= 15 is 0 Å². The van der Waals surface area contributed by atoms with Crippen molar-refractivity contribution in [1.82, 2.24) is 0 Å². The molecule has 0 atom stereocenters. The van der Waals surface area contributed by atoms with Crippen molar-refractivity contribution < 1.29 is 19.1 Å². The quantitative estimate of drug-likeness (QED) is 0.779. The Morgan fingerprint density at radius 3 is 2.40 bits per heavy atom. The van der Waals surface area contributed by atoms with E-state index in [1.165, 1.54) is 0 Å². The molecule has 1 N–H and O–H groups in total. The minimum absolute atomic E-state index is 0.330. The van der Waals surface area contributed by atoms with Crippen LogP contribution in [0.3, 0.4) is 0 Å². The zero-order valence-corrected chi connectivity index (χ0v) is 14.8. The number of nitrogens with one attached hydrogen (secondary N) is 1. The molecule has 5 heteroatoms. The molecular formula is C20H23NO4. The Kier molecular flexibility index (Phi) is 6.57. The van der Waals surface area contributed by atoms with Crippen LogP contribution in [-0.2, 0) is 16.0 Å². The van der Waals surface area contributed by atoms with Crippen molar-refractivity contribution in [3.8, 4) is 5.75 Å². The van der Waals surface area contributed by atoms with E-state index in [-0.39, 0.29) is 12.5 Å². The summed E-state index contributed by atoms with van der Waals surface area (Å²) in [7, 11) is 0. The maximum Gasteiger partial charge on any atom is 0.338 e. The van der Waals surface area contributed by atoms with Crippen LogP contribution in [0.5, 0.6) is 5.75 Å². The predicted molar refractivity (Wildman–Crippen MR) is 97.1 cm³/mol. The number of benzene rings is 2. The second-order valence-electron chi connectivity index (χ2n) is 5.54. The van der Waals surface area contributed by atoms with E-state index in [1.807, 2.05) is 39.0 Å². The number of rotatable bonds is 7. The fourth-order valence-corrected chi connectivity index (χ4v) is 2.45. The average Bonchev–Trinajstić information content (AvgIpc) is 2.62. The summed E-state index contributed by atoms with van der Waals surface area (Å²) >= 11 is 0. The van der Waals surface area contributed by atoms with Gasteiger partial charge >= 0.3 is 5.97 Å². The molecule has 0 aromatic heterocycles. The average molecular weight is 341 g/mol. The van der Waals surface area contributed by atoms with Crippen LogP contribution in [0.15, 0.2) is 42.5 Å². The molecule has 0 bridgehead atoms. The highest BCUT2D eigenvalue weighted by atomic mass is 16.5. The summed E-state index contributed by atoms with van der Waals surface area (Å²) in [5.74, 6) is -0.217. The lowest BCUT2D eigenvalue weighted by Gasteiger charge is -2.13. The lowest BCUT2D eigenvalue weighted by Crippen LogP contribution is -2.22. The number of ether oxygens (including phenoxy) is 2. The molecule has 132 valence electrons. The summed E-state index contributed by atoms with van der Waals surface area (Å²) in [6.07, 6.45) is 0.809. The molecule has 0 aliphatic rings. The summed E-state index contributed by atoms with van der Waals surface area (Å²) in [6, 6.07) is 12.5. The highest BCUT2D eigenvalue weighted by Gasteiger charge is 2.12. The molecule has 0 aliphatic carbocycles. The molecule has 25 heavy (non-hydrogen) atoms. The van der Waals surface area contributed by atoms with Crippen molar-refractivity contribution in [1.29, 1.82) is 0 Å². The number of carbonyl (C=O) groups excluding carboxylic acids is 2. The van der Waals surface area contributed by atoms with Crippen LogP contribution in [0.25, 0.3) is 0 Å². The number of amides is 1. The van der Waals surface area contributed by atoms with Gasteiger partial charge < -0.3 is 14.8 Å². The summed E-state index contributed by atoms with van der Waals surface area (Å²) < 4.78 is 10.4. The topological polar surface area (TPSA) is 64.6 Å². The van der Waals surface area contributed by atoms with Crippen molar-refractivity contribution in [2.45, 2.75) is 27.2 Å². The van der Waals surface area contributed by atoms with Gasteiger partial charge in [-0.3, -0.25) is 4.79 Å². The first-order chi connectivity index (χ1) is 12.0. The Balaban J connectivity index is 1.92. The summed E-state index contributed by atoms with van der Waals surface area (Å²) in [5.41, 5.74) is 3.19. The van der Waals surface area contributed by atoms with Crippen molar-refractivity contribution >= 4 is 17.6 Å². The Bertz CT molecular complexity index is 738. The standard InChI is InChI=1S/C20H23NO4/c1-4-15-8-6-7-14(3)19(15)21-18(22)13-25-20(23)16-9-11-17(12-10-16)24-5-2/h6-12H,4-5,13H2,1-3H3,(H,21,22). The van der Waals surface area contributed by atoms with E-state index in [9.17, 15) is 9.59 Å². The smallest absolute Gasteiger partial charge is 0.338 e. The van der Waals surface area contributed by atoms with E-state index in [0.717, 1.165) is 23.2 Å². The van der Waals surface area contributed by atoms with Gasteiger partial charge in [0.15, 0.2) is 6.61 Å². The third-order valence-electron chi connectivity index (χ3n) is 3.74. The van der Waals surface area contributed by atoms with Gasteiger partial charge in [0.05, 0.1) is 12.2 Å². The Labute approximate surface area is 148 Å². The molecule has 2 aromatic carbocycles. The normalized spacial score (nSPS) is 10.2. The molecule has 1 amide bonds. The fraction of sp³-hybridized carbons (Fsp3) is 0.300. The maximum absolute atomic E-state index is 12.1. The van der Waals surface area contributed by atoms with Crippen molar-refractivity contribution in [2.24, 2.45) is 0 Å². The molecule has 0 unspecified atom stereocenters. The summed E-state index contributed by atoms with van der Waals surface area (Å²) in [4.78, 5) is 24.1. The van der Waals surface area contributed by atoms with Gasteiger partial charge in [-0.2, -0.15) is 0 Å². The van der Waals surface area contributed by atoms with Crippen LogP contribution in [0, 0.1) is 6.92 Å². The number of esters is 1. The van der Waals surface area contributed by atoms with Gasteiger partial charge in [-0.1, -0.05) is 25.1 Å². The SMILES string of the molecule is CCOc1ccc(C(=O)OCC(=O)Nc2c(C)cccc2CC)cc1. The van der Waals surface area contributed by atoms with Crippen LogP contribution < -0.4 is 10.1 Å². The van der Waals surface area contributed by atoms with Gasteiger partial charge in [0.25, 0.3) is 5.91 Å². The Morgan fingerprint density at radius 2 is 1.76 bits per heavy atom. The highest BCUT2D eigenvalue weighted by Crippen LogP contribution is 2.21. The largest absolute Gasteiger partial charge is 0.494 e. The minimum atomic E-state index is -0.543. The van der Waals surface area contributed by atoms with Gasteiger partial charge in [-0.05, 0) is 55.7 Å². The minimum Gasteiger partial charge on any atom is -0.494 e. The third kappa shape index (κ3) is 5.08. The molecule has 2 aromatic rings. The van der Waals surface area contributed by atoms with Gasteiger partial charge in [0.2, 0.25) is 0 Å². The molecule has 0 aliphatic heterocycles. The first-order valence-electron chi connectivity index (χ1n) is 8.33. The molecule has 0 spiro atoms. The van der Waals surface area contributed by atoms with E-state index in [2.05, 4.69) is 5.32 Å². The predicted octanol–water partition coefficient (Wildman–Crippen LogP) is 3.75. The molecule has 0 heterocycles. The van der Waals surface area contributed by atoms with Gasteiger partial charge in [-0.25, -0.2) is 4.79 Å². The summed E-state index contributed by atoms with van der Waals surface area (Å²) in [6.45, 7) is 6.07. The van der Waals surface area contributed by atoms with Gasteiger partial charge in [-0.15, -0.1) is 0 Å². The monoisotopic (exact) mass is 341 g/mol. The van der Waals surface area contributed by atoms with E-state index in [4.69, 9.17) is 9.47 Å². The second kappa shape index (κ2) is 8.87. The van der Waals surface area contributed by atoms with E-state index in [1.54, 1.807) is 24.3 Å². The van der Waals surface area contributed by atoms with Crippen molar-refractivity contribution in [3.05, 3.63) is 59.2 Å². The van der Waals surface area contributed by atoms with Crippen LogP contribution in [-0.4, -0.2) is 25.1 Å². The highest BCUT2D eigenvalue weighted by molar-refractivity contribution is 5.96. The number of hydrogen-bond donors (Lipinski definition) is 1. The molecular weight excluding hydrogens is 318 g/mol. The maximum atomic E-state index is 12.1. The molecule has 2 rings (SSSR count). The Morgan fingerprint density at radius 1 is 1.04 bits per heavy atom. The van der Waals surface area contributed by atoms with Crippen molar-refractivity contribution in [3.63, 3.8) is 0 Å². The zero-order chi connectivity index (χ0) is 18.2. The van der Waals surface area contributed by atoms with Crippen LogP contribution in [0.4, 0.5) is 5.69 Å². The molecule has 0 radical (unpaired) electrons. The fourth-order valence-electron chi connectivity index (χ4n) is 2.45. The van der Waals surface area contributed by atoms with Gasteiger partial charge in [0, 0.05) is 5.69 Å². The second-order valence-corrected chi connectivity index (χ2v) is 5.54. The summed E-state index contributed by atoms with van der Waals surface area (Å²) in [5, 5.41) is 2.83. The lowest BCUT2D eigenvalue weighted by molar-refractivity contribution is -0.119. The first kappa shape index (κ1) is 18.5. The number of para-hydroxylation sites is 1. The van der Waals surface area contributed by atoms with Crippen molar-refractivity contribution in [2.75, 3.05) is 18.5 Å². The Hall–Kier alpha value is -2.82. The molecule has 0 fully saturated rings. The number of carbonyl (C=O) groups is 2. The van der Waals surface area contributed by atoms with Crippen LogP contribution in [0.1, 0.15) is 35.3 Å². The van der Waals surface area contributed by atoms with E-state index in [0.29, 0.717) is 17.9 Å². The molecule has 5 nitrogen and oxygen atoms in total. The zero-order valence-electron chi connectivity index (χ0n) is 14.8. The number of aryl methyl sites for hydroxylation is 2. The van der Waals surface area contributed by atoms with E-state index < -0.39 is 5.97 Å². The first-order valence-corrected chi connectivity index (χ1v) is 8.33. The van der Waals surface area contributed by atoms with Gasteiger partial charge in [0.1, 0.15) is 5.75 Å². The molecule has 0 saturated heterocycles. The number of hydrogen-bond acceptors (Lipinski definition) is 4. The van der Waals surface area contributed by atoms with Crippen LogP contribution >= 0.6 is 0 Å².